The van der Waals surface area contributed by atoms with E-state index in [0.717, 1.165) is 25.3 Å². The van der Waals surface area contributed by atoms with E-state index in [4.69, 9.17) is 0 Å². The second-order valence-corrected chi connectivity index (χ2v) is 2.55. The first-order valence-corrected chi connectivity index (χ1v) is 4.39. The van der Waals surface area contributed by atoms with E-state index in [1.807, 2.05) is 14.0 Å². The lowest BCUT2D eigenvalue weighted by Gasteiger charge is -1.93. The van der Waals surface area contributed by atoms with Gasteiger partial charge in [-0.2, -0.15) is 5.10 Å². The summed E-state index contributed by atoms with van der Waals surface area (Å²) in [6, 6.07) is 0. The van der Waals surface area contributed by atoms with E-state index in [2.05, 4.69) is 27.2 Å². The van der Waals surface area contributed by atoms with Gasteiger partial charge in [-0.1, -0.05) is 5.92 Å². The maximum absolute atomic E-state index is 4.04. The van der Waals surface area contributed by atoms with Crippen LogP contribution in [-0.2, 0) is 6.54 Å². The van der Waals surface area contributed by atoms with Crippen molar-refractivity contribution in [2.75, 3.05) is 13.6 Å². The van der Waals surface area contributed by atoms with Gasteiger partial charge in [0.2, 0.25) is 5.82 Å². The maximum Gasteiger partial charge on any atom is 0.203 e. The zero-order valence-electron chi connectivity index (χ0n) is 8.04. The number of nitrogens with one attached hydrogen (secondary N) is 1. The minimum absolute atomic E-state index is 0.749. The van der Waals surface area contributed by atoms with Crippen LogP contribution in [0.2, 0.25) is 0 Å². The summed E-state index contributed by atoms with van der Waals surface area (Å²) < 4.78 is 1.78. The Labute approximate surface area is 78.4 Å². The molecule has 1 heterocycles. The monoisotopic (exact) mass is 178 g/mol. The van der Waals surface area contributed by atoms with Crippen LogP contribution < -0.4 is 5.32 Å². The van der Waals surface area contributed by atoms with Gasteiger partial charge in [-0.25, -0.2) is 9.67 Å². The molecule has 4 heteroatoms. The Morgan fingerprint density at radius 3 is 3.15 bits per heavy atom. The van der Waals surface area contributed by atoms with Crippen molar-refractivity contribution in [3.63, 3.8) is 0 Å². The molecule has 0 unspecified atom stereocenters. The third-order valence-electron chi connectivity index (χ3n) is 1.62. The fraction of sp³-hybridized carbons (Fsp3) is 0.556. The zero-order chi connectivity index (χ0) is 9.52. The van der Waals surface area contributed by atoms with Crippen molar-refractivity contribution < 1.29 is 0 Å². The highest BCUT2D eigenvalue weighted by Gasteiger charge is 1.95. The summed E-state index contributed by atoms with van der Waals surface area (Å²) in [6.45, 7) is 3.75. The number of hydrogen-bond acceptors (Lipinski definition) is 3. The standard InChI is InChI=1S/C9H14N4/c1-3-13-9(11-8-12-13)6-4-5-7-10-2/h8,10H,3,5,7H2,1-2H3. The van der Waals surface area contributed by atoms with Gasteiger partial charge in [-0.3, -0.25) is 0 Å². The molecule has 4 nitrogen and oxygen atoms in total. The molecule has 70 valence electrons. The van der Waals surface area contributed by atoms with Crippen molar-refractivity contribution in [1.29, 1.82) is 0 Å². The molecule has 1 rings (SSSR count). The Hall–Kier alpha value is -1.34. The predicted octanol–water partition coefficient (Wildman–Crippen LogP) is 0.259. The van der Waals surface area contributed by atoms with E-state index in [9.17, 15) is 0 Å². The molecule has 0 fully saturated rings. The van der Waals surface area contributed by atoms with Crippen molar-refractivity contribution in [3.05, 3.63) is 12.2 Å². The fourth-order valence-electron chi connectivity index (χ4n) is 0.921. The molecule has 1 N–H and O–H groups in total. The van der Waals surface area contributed by atoms with Crippen molar-refractivity contribution in [3.8, 4) is 11.8 Å². The van der Waals surface area contributed by atoms with Gasteiger partial charge in [0.1, 0.15) is 6.33 Å². The molecular weight excluding hydrogens is 164 g/mol. The number of rotatable bonds is 3. The van der Waals surface area contributed by atoms with Gasteiger partial charge in [-0.15, -0.1) is 0 Å². The predicted molar refractivity (Wildman–Crippen MR) is 51.1 cm³/mol. The molecule has 0 spiro atoms. The summed E-state index contributed by atoms with van der Waals surface area (Å²) in [5.41, 5.74) is 0. The van der Waals surface area contributed by atoms with Crippen LogP contribution in [0.25, 0.3) is 0 Å². The third kappa shape index (κ3) is 2.88. The molecule has 0 atom stereocenters. The minimum Gasteiger partial charge on any atom is -0.319 e. The number of aromatic nitrogens is 3. The molecule has 1 aromatic heterocycles. The Morgan fingerprint density at radius 2 is 2.46 bits per heavy atom. The van der Waals surface area contributed by atoms with E-state index < -0.39 is 0 Å². The zero-order valence-corrected chi connectivity index (χ0v) is 8.04. The van der Waals surface area contributed by atoms with Crippen LogP contribution in [0.5, 0.6) is 0 Å². The molecule has 0 radical (unpaired) electrons. The van der Waals surface area contributed by atoms with Crippen LogP contribution in [0, 0.1) is 11.8 Å². The van der Waals surface area contributed by atoms with Crippen LogP contribution in [0.15, 0.2) is 6.33 Å². The second-order valence-electron chi connectivity index (χ2n) is 2.55. The lowest BCUT2D eigenvalue weighted by molar-refractivity contribution is 0.649. The average molecular weight is 178 g/mol. The molecule has 0 aromatic carbocycles. The van der Waals surface area contributed by atoms with Crippen LogP contribution in [0.1, 0.15) is 19.2 Å². The summed E-state index contributed by atoms with van der Waals surface area (Å²) >= 11 is 0. The van der Waals surface area contributed by atoms with Gasteiger partial charge in [-0.05, 0) is 19.9 Å². The summed E-state index contributed by atoms with van der Waals surface area (Å²) in [4.78, 5) is 4.04. The second kappa shape index (κ2) is 5.33. The highest BCUT2D eigenvalue weighted by Crippen LogP contribution is 1.90. The van der Waals surface area contributed by atoms with Crippen molar-refractivity contribution in [1.82, 2.24) is 20.1 Å². The lowest BCUT2D eigenvalue weighted by Crippen LogP contribution is -2.06. The largest absolute Gasteiger partial charge is 0.319 e. The average Bonchev–Trinajstić information content (AvgIpc) is 2.60. The first-order valence-electron chi connectivity index (χ1n) is 4.39. The normalized spacial score (nSPS) is 9.38. The van der Waals surface area contributed by atoms with Gasteiger partial charge < -0.3 is 5.32 Å². The first-order chi connectivity index (χ1) is 6.38. The van der Waals surface area contributed by atoms with Gasteiger partial charge in [0.25, 0.3) is 0 Å². The number of aryl methyl sites for hydroxylation is 1. The summed E-state index contributed by atoms with van der Waals surface area (Å²) in [5, 5.41) is 7.05. The minimum atomic E-state index is 0.749. The maximum atomic E-state index is 4.04. The first kappa shape index (κ1) is 9.75. The van der Waals surface area contributed by atoms with Crippen LogP contribution in [0.3, 0.4) is 0 Å². The molecular formula is C9H14N4. The highest BCUT2D eigenvalue weighted by molar-refractivity contribution is 5.19. The van der Waals surface area contributed by atoms with E-state index >= 15 is 0 Å². The van der Waals surface area contributed by atoms with Crippen LogP contribution in [-0.4, -0.2) is 28.4 Å². The summed E-state index contributed by atoms with van der Waals surface area (Å²) in [5.74, 6) is 6.75. The highest BCUT2D eigenvalue weighted by atomic mass is 15.3. The van der Waals surface area contributed by atoms with Gasteiger partial charge >= 0.3 is 0 Å². The van der Waals surface area contributed by atoms with Crippen molar-refractivity contribution >= 4 is 0 Å². The fourth-order valence-corrected chi connectivity index (χ4v) is 0.921. The molecule has 0 bridgehead atoms. The Morgan fingerprint density at radius 1 is 1.62 bits per heavy atom. The van der Waals surface area contributed by atoms with Crippen molar-refractivity contribution in [2.24, 2.45) is 0 Å². The number of nitrogens with zero attached hydrogens (tertiary/aromatic N) is 3. The Bertz CT molecular complexity index is 305. The Balaban J connectivity index is 2.55. The Kier molecular flexibility index (Phi) is 4.00. The number of hydrogen-bond donors (Lipinski definition) is 1. The van der Waals surface area contributed by atoms with Gasteiger partial charge in [0.05, 0.1) is 0 Å². The molecule has 0 amide bonds. The van der Waals surface area contributed by atoms with E-state index in [1.54, 1.807) is 4.68 Å². The molecule has 0 aliphatic heterocycles. The summed E-state index contributed by atoms with van der Waals surface area (Å²) in [6.07, 6.45) is 2.37. The molecule has 13 heavy (non-hydrogen) atoms. The van der Waals surface area contributed by atoms with Crippen molar-refractivity contribution in [2.45, 2.75) is 19.9 Å². The quantitative estimate of drug-likeness (QED) is 0.533. The molecule has 0 saturated carbocycles. The van der Waals surface area contributed by atoms with E-state index in [-0.39, 0.29) is 0 Å². The summed E-state index contributed by atoms with van der Waals surface area (Å²) in [7, 11) is 1.91. The lowest BCUT2D eigenvalue weighted by atomic mass is 10.4. The molecule has 0 aliphatic rings. The smallest absolute Gasteiger partial charge is 0.203 e. The van der Waals surface area contributed by atoms with Crippen LogP contribution >= 0.6 is 0 Å². The van der Waals surface area contributed by atoms with Crippen LogP contribution in [0.4, 0.5) is 0 Å². The molecule has 1 aromatic rings. The molecule has 0 saturated heterocycles. The third-order valence-corrected chi connectivity index (χ3v) is 1.62. The van der Waals surface area contributed by atoms with Gasteiger partial charge in [0, 0.05) is 19.5 Å². The van der Waals surface area contributed by atoms with E-state index in [1.165, 1.54) is 6.33 Å². The van der Waals surface area contributed by atoms with Gasteiger partial charge in [0.15, 0.2) is 0 Å². The SMILES string of the molecule is CCn1ncnc1C#CCCNC. The molecule has 0 aliphatic carbocycles. The topological polar surface area (TPSA) is 42.7 Å². The van der Waals surface area contributed by atoms with E-state index in [0.29, 0.717) is 0 Å².